The fourth-order valence-electron chi connectivity index (χ4n) is 2.11. The number of benzene rings is 1. The standard InChI is InChI=1S/C17H21NO4/c1-5-7-12-9-14(15(18)17(20)21-4)10-13(8-6-2)16(12)22-11(3)19/h5-6,9-10,15H,1-2,7-8,18H2,3-4H3. The minimum atomic E-state index is -0.900. The van der Waals surface area contributed by atoms with Gasteiger partial charge in [-0.15, -0.1) is 13.2 Å². The van der Waals surface area contributed by atoms with Crippen molar-refractivity contribution in [3.8, 4) is 5.75 Å². The lowest BCUT2D eigenvalue weighted by atomic mass is 9.96. The van der Waals surface area contributed by atoms with Gasteiger partial charge in [0.05, 0.1) is 7.11 Å². The maximum Gasteiger partial charge on any atom is 0.327 e. The van der Waals surface area contributed by atoms with E-state index in [4.69, 9.17) is 10.5 Å². The van der Waals surface area contributed by atoms with Crippen LogP contribution in [0.5, 0.6) is 5.75 Å². The number of hydrogen-bond acceptors (Lipinski definition) is 5. The van der Waals surface area contributed by atoms with Crippen LogP contribution in [0.2, 0.25) is 0 Å². The van der Waals surface area contributed by atoms with Gasteiger partial charge in [-0.1, -0.05) is 12.2 Å². The highest BCUT2D eigenvalue weighted by Crippen LogP contribution is 2.30. The van der Waals surface area contributed by atoms with E-state index >= 15 is 0 Å². The van der Waals surface area contributed by atoms with Gasteiger partial charge in [0.15, 0.2) is 0 Å². The second-order valence-electron chi connectivity index (χ2n) is 4.75. The van der Waals surface area contributed by atoms with Gasteiger partial charge < -0.3 is 15.2 Å². The van der Waals surface area contributed by atoms with E-state index in [0.717, 1.165) is 11.1 Å². The van der Waals surface area contributed by atoms with Crippen molar-refractivity contribution in [2.75, 3.05) is 7.11 Å². The molecule has 0 saturated heterocycles. The summed E-state index contributed by atoms with van der Waals surface area (Å²) in [5, 5.41) is 0. The van der Waals surface area contributed by atoms with Crippen molar-refractivity contribution in [2.24, 2.45) is 5.73 Å². The van der Waals surface area contributed by atoms with E-state index in [1.807, 2.05) is 0 Å². The molecular formula is C17H21NO4. The minimum Gasteiger partial charge on any atom is -0.468 e. The largest absolute Gasteiger partial charge is 0.468 e. The number of methoxy groups -OCH3 is 1. The molecule has 22 heavy (non-hydrogen) atoms. The summed E-state index contributed by atoms with van der Waals surface area (Å²) in [7, 11) is 1.28. The van der Waals surface area contributed by atoms with Crippen molar-refractivity contribution in [2.45, 2.75) is 25.8 Å². The predicted molar refractivity (Wildman–Crippen MR) is 84.5 cm³/mol. The molecule has 5 heteroatoms. The fraction of sp³-hybridized carbons (Fsp3) is 0.294. The highest BCUT2D eigenvalue weighted by Gasteiger charge is 2.20. The average molecular weight is 303 g/mol. The third-order valence-corrected chi connectivity index (χ3v) is 3.05. The summed E-state index contributed by atoms with van der Waals surface area (Å²) in [6.45, 7) is 8.73. The molecule has 0 aliphatic rings. The first-order valence-corrected chi connectivity index (χ1v) is 6.83. The lowest BCUT2D eigenvalue weighted by Gasteiger charge is -2.17. The number of carbonyl (C=O) groups excluding carboxylic acids is 2. The van der Waals surface area contributed by atoms with Gasteiger partial charge >= 0.3 is 11.9 Å². The highest BCUT2D eigenvalue weighted by atomic mass is 16.5. The lowest BCUT2D eigenvalue weighted by Crippen LogP contribution is -2.23. The molecule has 0 aromatic heterocycles. The fourth-order valence-corrected chi connectivity index (χ4v) is 2.11. The third kappa shape index (κ3) is 4.30. The van der Waals surface area contributed by atoms with Crippen molar-refractivity contribution in [1.29, 1.82) is 0 Å². The number of allylic oxidation sites excluding steroid dienone is 2. The quantitative estimate of drug-likeness (QED) is 0.475. The van der Waals surface area contributed by atoms with Gasteiger partial charge in [-0.25, -0.2) is 0 Å². The highest BCUT2D eigenvalue weighted by molar-refractivity contribution is 5.78. The summed E-state index contributed by atoms with van der Waals surface area (Å²) >= 11 is 0. The maximum absolute atomic E-state index is 11.6. The molecule has 1 aromatic rings. The molecule has 0 aliphatic carbocycles. The number of ether oxygens (including phenoxy) is 2. The molecule has 5 nitrogen and oxygen atoms in total. The Kier molecular flexibility index (Phi) is 6.53. The van der Waals surface area contributed by atoms with Crippen LogP contribution in [0, 0.1) is 0 Å². The van der Waals surface area contributed by atoms with E-state index in [-0.39, 0.29) is 0 Å². The van der Waals surface area contributed by atoms with E-state index in [9.17, 15) is 9.59 Å². The topological polar surface area (TPSA) is 78.6 Å². The van der Waals surface area contributed by atoms with Crippen LogP contribution >= 0.6 is 0 Å². The second-order valence-corrected chi connectivity index (χ2v) is 4.75. The van der Waals surface area contributed by atoms with Crippen molar-refractivity contribution >= 4 is 11.9 Å². The van der Waals surface area contributed by atoms with E-state index in [1.165, 1.54) is 14.0 Å². The van der Waals surface area contributed by atoms with E-state index in [2.05, 4.69) is 17.9 Å². The summed E-state index contributed by atoms with van der Waals surface area (Å²) in [6, 6.07) is 2.56. The zero-order chi connectivity index (χ0) is 16.7. The Balaban J connectivity index is 3.43. The number of carbonyl (C=O) groups is 2. The van der Waals surface area contributed by atoms with Gasteiger partial charge in [-0.2, -0.15) is 0 Å². The SMILES string of the molecule is C=CCc1cc(C(N)C(=O)OC)cc(CC=C)c1OC(C)=O. The molecule has 0 radical (unpaired) electrons. The van der Waals surface area contributed by atoms with Gasteiger partial charge in [0.25, 0.3) is 0 Å². The Morgan fingerprint density at radius 1 is 1.23 bits per heavy atom. The van der Waals surface area contributed by atoms with Crippen molar-refractivity contribution < 1.29 is 19.1 Å². The van der Waals surface area contributed by atoms with E-state index < -0.39 is 18.0 Å². The number of esters is 2. The average Bonchev–Trinajstić information content (AvgIpc) is 2.48. The Labute approximate surface area is 130 Å². The molecular weight excluding hydrogens is 282 g/mol. The first-order valence-electron chi connectivity index (χ1n) is 6.83. The van der Waals surface area contributed by atoms with Crippen molar-refractivity contribution in [1.82, 2.24) is 0 Å². The van der Waals surface area contributed by atoms with Gasteiger partial charge in [0.2, 0.25) is 0 Å². The van der Waals surface area contributed by atoms with Crippen LogP contribution in [0.3, 0.4) is 0 Å². The molecule has 0 spiro atoms. The van der Waals surface area contributed by atoms with Gasteiger partial charge in [0.1, 0.15) is 11.8 Å². The summed E-state index contributed by atoms with van der Waals surface area (Å²) in [5.41, 5.74) is 7.96. The molecule has 1 aromatic carbocycles. The molecule has 1 atom stereocenters. The molecule has 0 saturated carbocycles. The first kappa shape index (κ1) is 17.7. The van der Waals surface area contributed by atoms with Crippen LogP contribution in [-0.2, 0) is 27.2 Å². The Bertz CT molecular complexity index is 561. The third-order valence-electron chi connectivity index (χ3n) is 3.05. The van der Waals surface area contributed by atoms with Gasteiger partial charge in [0, 0.05) is 6.92 Å². The normalized spacial score (nSPS) is 11.4. The van der Waals surface area contributed by atoms with Crippen LogP contribution in [0.25, 0.3) is 0 Å². The summed E-state index contributed by atoms with van der Waals surface area (Å²) in [6.07, 6.45) is 4.34. The molecule has 0 aliphatic heterocycles. The molecule has 0 bridgehead atoms. The summed E-state index contributed by atoms with van der Waals surface area (Å²) in [5.74, 6) is -0.483. The molecule has 118 valence electrons. The van der Waals surface area contributed by atoms with Crippen LogP contribution in [-0.4, -0.2) is 19.0 Å². The second kappa shape index (κ2) is 8.14. The maximum atomic E-state index is 11.6. The van der Waals surface area contributed by atoms with Crippen LogP contribution < -0.4 is 10.5 Å². The van der Waals surface area contributed by atoms with Gasteiger partial charge in [-0.3, -0.25) is 9.59 Å². The van der Waals surface area contributed by atoms with Crippen LogP contribution in [0.15, 0.2) is 37.4 Å². The molecule has 0 heterocycles. The number of rotatable bonds is 7. The van der Waals surface area contributed by atoms with E-state index in [0.29, 0.717) is 24.2 Å². The smallest absolute Gasteiger partial charge is 0.327 e. The Morgan fingerprint density at radius 3 is 2.09 bits per heavy atom. The predicted octanol–water partition coefficient (Wildman–Crippen LogP) is 2.24. The number of nitrogens with two attached hydrogens (primary N) is 1. The summed E-state index contributed by atoms with van der Waals surface area (Å²) < 4.78 is 9.98. The molecule has 1 unspecified atom stereocenters. The Morgan fingerprint density at radius 2 is 1.73 bits per heavy atom. The monoisotopic (exact) mass is 303 g/mol. The van der Waals surface area contributed by atoms with E-state index in [1.54, 1.807) is 24.3 Å². The molecule has 1 rings (SSSR count). The van der Waals surface area contributed by atoms with Crippen molar-refractivity contribution in [3.63, 3.8) is 0 Å². The lowest BCUT2D eigenvalue weighted by molar-refractivity contribution is -0.142. The number of hydrogen-bond donors (Lipinski definition) is 1. The molecule has 2 N–H and O–H groups in total. The zero-order valence-corrected chi connectivity index (χ0v) is 12.9. The zero-order valence-electron chi connectivity index (χ0n) is 12.9. The summed E-state index contributed by atoms with van der Waals surface area (Å²) in [4.78, 5) is 23.0. The Hall–Kier alpha value is -2.40. The van der Waals surface area contributed by atoms with Crippen LogP contribution in [0.4, 0.5) is 0 Å². The first-order chi connectivity index (χ1) is 10.4. The molecule has 0 fully saturated rings. The minimum absolute atomic E-state index is 0.416. The van der Waals surface area contributed by atoms with Crippen LogP contribution in [0.1, 0.15) is 29.7 Å². The van der Waals surface area contributed by atoms with Crippen molar-refractivity contribution in [3.05, 3.63) is 54.1 Å². The molecule has 0 amide bonds. The van der Waals surface area contributed by atoms with Gasteiger partial charge in [-0.05, 0) is 41.7 Å².